The Morgan fingerprint density at radius 3 is 2.61 bits per heavy atom. The Kier molecular flexibility index (Phi) is 7.46. The SMILES string of the molecule is Cc1ccc(C(=O)N[C@H](C)[C@@H]2CCCN(C(=O)OC(C)(C)C)C2)cc1NC(=O)c1ccco1. The highest BCUT2D eigenvalue weighted by molar-refractivity contribution is 6.04. The van der Waals surface area contributed by atoms with Crippen molar-refractivity contribution in [1.29, 1.82) is 0 Å². The van der Waals surface area contributed by atoms with Crippen molar-refractivity contribution < 1.29 is 23.5 Å². The molecule has 8 nitrogen and oxygen atoms in total. The zero-order chi connectivity index (χ0) is 24.2. The van der Waals surface area contributed by atoms with Crippen LogP contribution in [-0.4, -0.2) is 47.5 Å². The lowest BCUT2D eigenvalue weighted by Gasteiger charge is -2.36. The molecule has 1 aliphatic heterocycles. The van der Waals surface area contributed by atoms with Gasteiger partial charge in [-0.1, -0.05) is 6.07 Å². The first kappa shape index (κ1) is 24.4. The van der Waals surface area contributed by atoms with Gasteiger partial charge in [0.05, 0.1) is 6.26 Å². The van der Waals surface area contributed by atoms with E-state index in [9.17, 15) is 14.4 Å². The van der Waals surface area contributed by atoms with Crippen molar-refractivity contribution in [3.05, 3.63) is 53.5 Å². The fraction of sp³-hybridized carbons (Fsp3) is 0.480. The highest BCUT2D eigenvalue weighted by Gasteiger charge is 2.31. The Morgan fingerprint density at radius 1 is 1.18 bits per heavy atom. The molecule has 2 atom stereocenters. The highest BCUT2D eigenvalue weighted by atomic mass is 16.6. The Bertz CT molecular complexity index is 994. The van der Waals surface area contributed by atoms with Crippen LogP contribution in [0.15, 0.2) is 41.0 Å². The number of anilines is 1. The fourth-order valence-electron chi connectivity index (χ4n) is 3.81. The molecule has 1 aromatic carbocycles. The van der Waals surface area contributed by atoms with Crippen LogP contribution in [-0.2, 0) is 4.74 Å². The van der Waals surface area contributed by atoms with E-state index in [2.05, 4.69) is 10.6 Å². The van der Waals surface area contributed by atoms with Crippen molar-refractivity contribution in [3.8, 4) is 0 Å². The number of likely N-dealkylation sites (tertiary alicyclic amines) is 1. The molecule has 1 fully saturated rings. The lowest BCUT2D eigenvalue weighted by molar-refractivity contribution is 0.0150. The van der Waals surface area contributed by atoms with Gasteiger partial charge in [0.1, 0.15) is 5.60 Å². The molecule has 0 radical (unpaired) electrons. The van der Waals surface area contributed by atoms with Gasteiger partial charge >= 0.3 is 6.09 Å². The minimum Gasteiger partial charge on any atom is -0.459 e. The standard InChI is InChI=1S/C25H33N3O5/c1-16-10-11-18(14-20(16)27-23(30)21-9-7-13-32-21)22(29)26-17(2)19-8-6-12-28(15-19)24(31)33-25(3,4)5/h7,9-11,13-14,17,19H,6,8,12,15H2,1-5H3,(H,26,29)(H,27,30)/t17-,19-/m1/s1. The van der Waals surface area contributed by atoms with E-state index in [4.69, 9.17) is 9.15 Å². The monoisotopic (exact) mass is 455 g/mol. The Hall–Kier alpha value is -3.29. The van der Waals surface area contributed by atoms with Gasteiger partial charge in [0, 0.05) is 30.4 Å². The number of ether oxygens (including phenoxy) is 1. The molecule has 2 aromatic rings. The number of hydrogen-bond donors (Lipinski definition) is 2. The van der Waals surface area contributed by atoms with Crippen LogP contribution in [0.1, 0.15) is 67.0 Å². The van der Waals surface area contributed by atoms with Gasteiger partial charge in [0.2, 0.25) is 0 Å². The van der Waals surface area contributed by atoms with Crippen molar-refractivity contribution >= 4 is 23.6 Å². The molecule has 0 aliphatic carbocycles. The van der Waals surface area contributed by atoms with Crippen molar-refractivity contribution in [3.63, 3.8) is 0 Å². The number of carbonyl (C=O) groups is 3. The second-order valence-electron chi connectivity index (χ2n) is 9.55. The summed E-state index contributed by atoms with van der Waals surface area (Å²) >= 11 is 0. The molecule has 0 unspecified atom stereocenters. The van der Waals surface area contributed by atoms with E-state index >= 15 is 0 Å². The Morgan fingerprint density at radius 2 is 1.94 bits per heavy atom. The molecule has 8 heteroatoms. The van der Waals surface area contributed by atoms with Crippen LogP contribution in [0, 0.1) is 12.8 Å². The van der Waals surface area contributed by atoms with Crippen LogP contribution in [0.3, 0.4) is 0 Å². The van der Waals surface area contributed by atoms with Crippen molar-refractivity contribution in [2.24, 2.45) is 5.92 Å². The molecule has 0 spiro atoms. The Labute approximate surface area is 194 Å². The van der Waals surface area contributed by atoms with Gasteiger partial charge in [0.25, 0.3) is 11.8 Å². The number of carbonyl (C=O) groups excluding carboxylic acids is 3. The third-order valence-corrected chi connectivity index (χ3v) is 5.67. The summed E-state index contributed by atoms with van der Waals surface area (Å²) in [7, 11) is 0. The number of hydrogen-bond acceptors (Lipinski definition) is 5. The molecule has 1 aromatic heterocycles. The number of piperidine rings is 1. The molecular weight excluding hydrogens is 422 g/mol. The predicted molar refractivity (Wildman–Crippen MR) is 125 cm³/mol. The number of amides is 3. The Balaban J connectivity index is 1.62. The smallest absolute Gasteiger partial charge is 0.410 e. The number of furan rings is 1. The van der Waals surface area contributed by atoms with Crippen molar-refractivity contribution in [2.75, 3.05) is 18.4 Å². The van der Waals surface area contributed by atoms with Crippen LogP contribution >= 0.6 is 0 Å². The maximum Gasteiger partial charge on any atom is 0.410 e. The second-order valence-corrected chi connectivity index (χ2v) is 9.55. The number of benzene rings is 1. The zero-order valence-electron chi connectivity index (χ0n) is 19.9. The van der Waals surface area contributed by atoms with Gasteiger partial charge in [-0.25, -0.2) is 4.79 Å². The molecule has 3 amide bonds. The molecular formula is C25H33N3O5. The van der Waals surface area contributed by atoms with E-state index in [0.29, 0.717) is 24.3 Å². The average molecular weight is 456 g/mol. The summed E-state index contributed by atoms with van der Waals surface area (Å²) in [6.07, 6.45) is 2.89. The minimum atomic E-state index is -0.542. The van der Waals surface area contributed by atoms with Crippen molar-refractivity contribution in [1.82, 2.24) is 10.2 Å². The maximum atomic E-state index is 12.9. The average Bonchev–Trinajstić information content (AvgIpc) is 3.29. The predicted octanol–water partition coefficient (Wildman–Crippen LogP) is 4.61. The molecule has 33 heavy (non-hydrogen) atoms. The number of nitrogens with zero attached hydrogens (tertiary/aromatic N) is 1. The lowest BCUT2D eigenvalue weighted by atomic mass is 9.91. The quantitative estimate of drug-likeness (QED) is 0.686. The molecule has 178 valence electrons. The topological polar surface area (TPSA) is 101 Å². The summed E-state index contributed by atoms with van der Waals surface area (Å²) in [5.74, 6) is -0.285. The molecule has 1 aliphatic rings. The number of nitrogens with one attached hydrogen (secondary N) is 2. The first-order valence-corrected chi connectivity index (χ1v) is 11.3. The summed E-state index contributed by atoms with van der Waals surface area (Å²) in [5, 5.41) is 5.84. The van der Waals surface area contributed by atoms with Crippen molar-refractivity contribution in [2.45, 2.75) is 59.1 Å². The van der Waals surface area contributed by atoms with E-state index in [1.54, 1.807) is 35.2 Å². The summed E-state index contributed by atoms with van der Waals surface area (Å²) < 4.78 is 10.6. The molecule has 0 saturated carbocycles. The molecule has 2 N–H and O–H groups in total. The third-order valence-electron chi connectivity index (χ3n) is 5.67. The van der Waals surface area contributed by atoms with Crippen LogP contribution in [0.2, 0.25) is 0 Å². The molecule has 3 rings (SSSR count). The first-order valence-electron chi connectivity index (χ1n) is 11.3. The molecule has 2 heterocycles. The van der Waals surface area contributed by atoms with Gasteiger partial charge in [-0.3, -0.25) is 9.59 Å². The maximum absolute atomic E-state index is 12.9. The van der Waals surface area contributed by atoms with Crippen LogP contribution in [0.4, 0.5) is 10.5 Å². The first-order chi connectivity index (χ1) is 15.5. The highest BCUT2D eigenvalue weighted by Crippen LogP contribution is 2.23. The van der Waals surface area contributed by atoms with E-state index < -0.39 is 5.60 Å². The summed E-state index contributed by atoms with van der Waals surface area (Å²) in [4.78, 5) is 39.4. The lowest BCUT2D eigenvalue weighted by Crippen LogP contribution is -2.49. The second kappa shape index (κ2) is 10.1. The van der Waals surface area contributed by atoms with E-state index in [-0.39, 0.29) is 35.6 Å². The molecule has 0 bridgehead atoms. The van der Waals surface area contributed by atoms with E-state index in [1.165, 1.54) is 6.26 Å². The normalized spacial score (nSPS) is 17.2. The zero-order valence-corrected chi connectivity index (χ0v) is 19.9. The van der Waals surface area contributed by atoms with Gasteiger partial charge in [-0.2, -0.15) is 0 Å². The summed E-state index contributed by atoms with van der Waals surface area (Å²) in [6.45, 7) is 10.5. The van der Waals surface area contributed by atoms with Crippen LogP contribution in [0.25, 0.3) is 0 Å². The van der Waals surface area contributed by atoms with E-state index in [0.717, 1.165) is 18.4 Å². The fourth-order valence-corrected chi connectivity index (χ4v) is 3.81. The third kappa shape index (κ3) is 6.60. The summed E-state index contributed by atoms with van der Waals surface area (Å²) in [5.41, 5.74) is 1.28. The molecule has 1 saturated heterocycles. The van der Waals surface area contributed by atoms with Crippen LogP contribution in [0.5, 0.6) is 0 Å². The largest absolute Gasteiger partial charge is 0.459 e. The number of rotatable bonds is 5. The van der Waals surface area contributed by atoms with Gasteiger partial charge in [-0.15, -0.1) is 0 Å². The summed E-state index contributed by atoms with van der Waals surface area (Å²) in [6, 6.07) is 8.27. The van der Waals surface area contributed by atoms with Gasteiger partial charge in [-0.05, 0) is 83.2 Å². The number of aryl methyl sites for hydroxylation is 1. The van der Waals surface area contributed by atoms with Gasteiger partial charge < -0.3 is 24.7 Å². The van der Waals surface area contributed by atoms with E-state index in [1.807, 2.05) is 34.6 Å². The minimum absolute atomic E-state index is 0.124. The van der Waals surface area contributed by atoms with Gasteiger partial charge in [0.15, 0.2) is 5.76 Å². The van der Waals surface area contributed by atoms with Crippen LogP contribution < -0.4 is 10.6 Å².